The highest BCUT2D eigenvalue weighted by molar-refractivity contribution is 4.91. The number of nitriles is 1. The second-order valence-electron chi connectivity index (χ2n) is 3.40. The first-order valence-corrected chi connectivity index (χ1v) is 4.64. The van der Waals surface area contributed by atoms with Crippen LogP contribution < -0.4 is 5.32 Å². The van der Waals surface area contributed by atoms with E-state index in [4.69, 9.17) is 5.26 Å². The number of nitrogens with one attached hydrogen (secondary N) is 1. The van der Waals surface area contributed by atoms with Crippen LogP contribution in [0, 0.1) is 11.3 Å². The van der Waals surface area contributed by atoms with E-state index < -0.39 is 0 Å². The Hall–Kier alpha value is -0.590. The van der Waals surface area contributed by atoms with Crippen LogP contribution >= 0.6 is 0 Å². The standard InChI is InChI=1S/C9H17N3/c1-3-12-5-4-9(7-12)11-8(2)6-10/h8-9,11H,3-5,7H2,1-2H3. The highest BCUT2D eigenvalue weighted by Crippen LogP contribution is 2.08. The molecule has 0 spiro atoms. The molecule has 3 nitrogen and oxygen atoms in total. The van der Waals surface area contributed by atoms with Gasteiger partial charge in [-0.05, 0) is 26.4 Å². The summed E-state index contributed by atoms with van der Waals surface area (Å²) in [6, 6.07) is 2.71. The number of hydrogen-bond donors (Lipinski definition) is 1. The summed E-state index contributed by atoms with van der Waals surface area (Å²) in [5, 5.41) is 11.9. The van der Waals surface area contributed by atoms with Crippen LogP contribution in [0.25, 0.3) is 0 Å². The molecule has 0 aliphatic carbocycles. The summed E-state index contributed by atoms with van der Waals surface area (Å²) in [5.41, 5.74) is 0. The second-order valence-corrected chi connectivity index (χ2v) is 3.40. The molecule has 0 bridgehead atoms. The molecular weight excluding hydrogens is 150 g/mol. The summed E-state index contributed by atoms with van der Waals surface area (Å²) in [6.07, 6.45) is 1.18. The van der Waals surface area contributed by atoms with Crippen molar-refractivity contribution in [3.8, 4) is 6.07 Å². The van der Waals surface area contributed by atoms with Crippen LogP contribution in [0.3, 0.4) is 0 Å². The number of likely N-dealkylation sites (tertiary alicyclic amines) is 1. The van der Waals surface area contributed by atoms with Crippen molar-refractivity contribution in [3.05, 3.63) is 0 Å². The largest absolute Gasteiger partial charge is 0.302 e. The van der Waals surface area contributed by atoms with E-state index >= 15 is 0 Å². The summed E-state index contributed by atoms with van der Waals surface area (Å²) in [7, 11) is 0. The monoisotopic (exact) mass is 167 g/mol. The number of hydrogen-bond acceptors (Lipinski definition) is 3. The van der Waals surface area contributed by atoms with Crippen molar-refractivity contribution in [2.45, 2.75) is 32.4 Å². The van der Waals surface area contributed by atoms with Gasteiger partial charge in [-0.2, -0.15) is 5.26 Å². The van der Waals surface area contributed by atoms with Gasteiger partial charge in [0.2, 0.25) is 0 Å². The highest BCUT2D eigenvalue weighted by Gasteiger charge is 2.21. The first-order chi connectivity index (χ1) is 5.76. The lowest BCUT2D eigenvalue weighted by Crippen LogP contribution is -2.37. The molecule has 1 N–H and O–H groups in total. The zero-order chi connectivity index (χ0) is 8.97. The van der Waals surface area contributed by atoms with Crippen molar-refractivity contribution in [1.29, 1.82) is 5.26 Å². The van der Waals surface area contributed by atoms with Gasteiger partial charge in [0.05, 0.1) is 12.1 Å². The Bertz CT molecular complexity index is 173. The van der Waals surface area contributed by atoms with Crippen molar-refractivity contribution in [2.24, 2.45) is 0 Å². The molecule has 1 aliphatic rings. The average Bonchev–Trinajstić information content (AvgIpc) is 2.52. The highest BCUT2D eigenvalue weighted by atomic mass is 15.2. The van der Waals surface area contributed by atoms with Crippen LogP contribution in [0.2, 0.25) is 0 Å². The van der Waals surface area contributed by atoms with Crippen molar-refractivity contribution >= 4 is 0 Å². The Morgan fingerprint density at radius 2 is 2.50 bits per heavy atom. The van der Waals surface area contributed by atoms with Gasteiger partial charge in [-0.3, -0.25) is 5.32 Å². The third-order valence-electron chi connectivity index (χ3n) is 2.40. The molecule has 1 rings (SSSR count). The maximum Gasteiger partial charge on any atom is 0.0927 e. The van der Waals surface area contributed by atoms with Crippen molar-refractivity contribution in [2.75, 3.05) is 19.6 Å². The van der Waals surface area contributed by atoms with Gasteiger partial charge in [0.15, 0.2) is 0 Å². The van der Waals surface area contributed by atoms with Gasteiger partial charge in [0.1, 0.15) is 0 Å². The molecule has 1 heterocycles. The summed E-state index contributed by atoms with van der Waals surface area (Å²) >= 11 is 0. The topological polar surface area (TPSA) is 39.1 Å². The molecule has 0 aromatic rings. The molecule has 12 heavy (non-hydrogen) atoms. The van der Waals surface area contributed by atoms with Gasteiger partial charge in [0.25, 0.3) is 0 Å². The smallest absolute Gasteiger partial charge is 0.0927 e. The molecule has 3 heteroatoms. The van der Waals surface area contributed by atoms with E-state index in [-0.39, 0.29) is 6.04 Å². The Morgan fingerprint density at radius 3 is 3.00 bits per heavy atom. The van der Waals surface area contributed by atoms with Gasteiger partial charge in [-0.25, -0.2) is 0 Å². The minimum atomic E-state index is -0.00759. The summed E-state index contributed by atoms with van der Waals surface area (Å²) in [4.78, 5) is 2.40. The maximum atomic E-state index is 8.59. The predicted molar refractivity (Wildman–Crippen MR) is 48.7 cm³/mol. The number of nitrogens with zero attached hydrogens (tertiary/aromatic N) is 2. The van der Waals surface area contributed by atoms with Crippen molar-refractivity contribution < 1.29 is 0 Å². The minimum absolute atomic E-state index is 0.00759. The fourth-order valence-electron chi connectivity index (χ4n) is 1.65. The number of likely N-dealkylation sites (N-methyl/N-ethyl adjacent to an activating group) is 1. The van der Waals surface area contributed by atoms with Crippen LogP contribution in [-0.2, 0) is 0 Å². The second kappa shape index (κ2) is 4.44. The molecule has 2 atom stereocenters. The fraction of sp³-hybridized carbons (Fsp3) is 0.889. The molecule has 68 valence electrons. The molecule has 0 amide bonds. The SMILES string of the molecule is CCN1CCC(NC(C)C#N)C1. The third kappa shape index (κ3) is 2.47. The van der Waals surface area contributed by atoms with Gasteiger partial charge in [-0.15, -0.1) is 0 Å². The van der Waals surface area contributed by atoms with E-state index in [0.717, 1.165) is 13.1 Å². The molecule has 0 radical (unpaired) electrons. The lowest BCUT2D eigenvalue weighted by Gasteiger charge is -2.15. The molecular formula is C9H17N3. The first-order valence-electron chi connectivity index (χ1n) is 4.64. The van der Waals surface area contributed by atoms with Crippen molar-refractivity contribution in [1.82, 2.24) is 10.2 Å². The minimum Gasteiger partial charge on any atom is -0.302 e. The molecule has 1 saturated heterocycles. The van der Waals surface area contributed by atoms with E-state index in [2.05, 4.69) is 23.2 Å². The van der Waals surface area contributed by atoms with Gasteiger partial charge >= 0.3 is 0 Å². The van der Waals surface area contributed by atoms with Crippen molar-refractivity contribution in [3.63, 3.8) is 0 Å². The lowest BCUT2D eigenvalue weighted by atomic mass is 10.2. The van der Waals surface area contributed by atoms with Crippen LogP contribution in [0.4, 0.5) is 0 Å². The van der Waals surface area contributed by atoms with E-state index in [1.165, 1.54) is 13.0 Å². The third-order valence-corrected chi connectivity index (χ3v) is 2.40. The van der Waals surface area contributed by atoms with E-state index in [1.54, 1.807) is 0 Å². The predicted octanol–water partition coefficient (Wildman–Crippen LogP) is 0.582. The Morgan fingerprint density at radius 1 is 1.75 bits per heavy atom. The van der Waals surface area contributed by atoms with Gasteiger partial charge in [-0.1, -0.05) is 6.92 Å². The normalized spacial score (nSPS) is 26.9. The van der Waals surface area contributed by atoms with Crippen LogP contribution in [-0.4, -0.2) is 36.6 Å². The lowest BCUT2D eigenvalue weighted by molar-refractivity contribution is 0.344. The summed E-state index contributed by atoms with van der Waals surface area (Å²) in [5.74, 6) is 0. The summed E-state index contributed by atoms with van der Waals surface area (Å²) in [6.45, 7) is 7.48. The maximum absolute atomic E-state index is 8.59. The van der Waals surface area contributed by atoms with Gasteiger partial charge < -0.3 is 4.90 Å². The average molecular weight is 167 g/mol. The fourth-order valence-corrected chi connectivity index (χ4v) is 1.65. The number of rotatable bonds is 3. The van der Waals surface area contributed by atoms with E-state index in [0.29, 0.717) is 6.04 Å². The molecule has 0 aromatic carbocycles. The van der Waals surface area contributed by atoms with E-state index in [9.17, 15) is 0 Å². The molecule has 1 aliphatic heterocycles. The Labute approximate surface area is 74.4 Å². The summed E-state index contributed by atoms with van der Waals surface area (Å²) < 4.78 is 0. The first kappa shape index (κ1) is 9.50. The zero-order valence-electron chi connectivity index (χ0n) is 7.88. The quantitative estimate of drug-likeness (QED) is 0.668. The van der Waals surface area contributed by atoms with Crippen LogP contribution in [0.1, 0.15) is 20.3 Å². The van der Waals surface area contributed by atoms with E-state index in [1.807, 2.05) is 6.92 Å². The molecule has 2 unspecified atom stereocenters. The molecule has 1 fully saturated rings. The van der Waals surface area contributed by atoms with Gasteiger partial charge in [0, 0.05) is 12.6 Å². The van der Waals surface area contributed by atoms with Crippen LogP contribution in [0.5, 0.6) is 0 Å². The molecule has 0 aromatic heterocycles. The molecule has 0 saturated carbocycles. The van der Waals surface area contributed by atoms with Crippen LogP contribution in [0.15, 0.2) is 0 Å². The zero-order valence-corrected chi connectivity index (χ0v) is 7.88. The Kier molecular flexibility index (Phi) is 3.51. The Balaban J connectivity index is 2.24.